The molecule has 2 aromatic rings. The SMILES string of the molecule is CNCC(=O)NCc1nccn1-c1ccccc1. The van der Waals surface area contributed by atoms with Gasteiger partial charge in [-0.25, -0.2) is 4.98 Å². The molecule has 0 fully saturated rings. The van der Waals surface area contributed by atoms with Crippen molar-refractivity contribution in [2.24, 2.45) is 0 Å². The molecule has 0 aliphatic heterocycles. The second-order valence-corrected chi connectivity index (χ2v) is 3.86. The molecule has 0 unspecified atom stereocenters. The molecule has 2 N–H and O–H groups in total. The van der Waals surface area contributed by atoms with Gasteiger partial charge in [0.15, 0.2) is 0 Å². The summed E-state index contributed by atoms with van der Waals surface area (Å²) in [5, 5.41) is 5.62. The summed E-state index contributed by atoms with van der Waals surface area (Å²) < 4.78 is 1.96. The molecule has 94 valence electrons. The zero-order valence-electron chi connectivity index (χ0n) is 10.3. The monoisotopic (exact) mass is 244 g/mol. The lowest BCUT2D eigenvalue weighted by atomic mass is 10.3. The van der Waals surface area contributed by atoms with E-state index in [4.69, 9.17) is 0 Å². The molecular formula is C13H16N4O. The van der Waals surface area contributed by atoms with Crippen LogP contribution in [-0.2, 0) is 11.3 Å². The Balaban J connectivity index is 2.07. The van der Waals surface area contributed by atoms with Crippen LogP contribution in [0.15, 0.2) is 42.7 Å². The standard InChI is InChI=1S/C13H16N4O/c1-14-10-13(18)16-9-12-15-7-8-17(12)11-5-3-2-4-6-11/h2-8,14H,9-10H2,1H3,(H,16,18). The van der Waals surface area contributed by atoms with E-state index in [2.05, 4.69) is 15.6 Å². The number of para-hydroxylation sites is 1. The summed E-state index contributed by atoms with van der Waals surface area (Å²) in [4.78, 5) is 15.6. The molecule has 0 bridgehead atoms. The second-order valence-electron chi connectivity index (χ2n) is 3.86. The predicted octanol–water partition coefficient (Wildman–Crippen LogP) is 0.708. The third-order valence-corrected chi connectivity index (χ3v) is 2.53. The maximum atomic E-state index is 11.4. The van der Waals surface area contributed by atoms with Gasteiger partial charge in [0.05, 0.1) is 13.1 Å². The average molecular weight is 244 g/mol. The maximum Gasteiger partial charge on any atom is 0.234 e. The van der Waals surface area contributed by atoms with E-state index in [1.807, 2.05) is 41.1 Å². The molecule has 1 amide bonds. The number of hydrogen-bond acceptors (Lipinski definition) is 3. The summed E-state index contributed by atoms with van der Waals surface area (Å²) >= 11 is 0. The highest BCUT2D eigenvalue weighted by Crippen LogP contribution is 2.09. The predicted molar refractivity (Wildman–Crippen MR) is 69.3 cm³/mol. The van der Waals surface area contributed by atoms with Gasteiger partial charge in [0.2, 0.25) is 5.91 Å². The molecule has 2 rings (SSSR count). The number of hydrogen-bond donors (Lipinski definition) is 2. The number of aromatic nitrogens is 2. The van der Waals surface area contributed by atoms with Gasteiger partial charge < -0.3 is 15.2 Å². The zero-order chi connectivity index (χ0) is 12.8. The minimum atomic E-state index is -0.0416. The first kappa shape index (κ1) is 12.3. The van der Waals surface area contributed by atoms with Crippen LogP contribution in [0.25, 0.3) is 5.69 Å². The van der Waals surface area contributed by atoms with E-state index in [0.29, 0.717) is 13.1 Å². The van der Waals surface area contributed by atoms with Crippen molar-refractivity contribution in [2.75, 3.05) is 13.6 Å². The second kappa shape index (κ2) is 5.97. The fourth-order valence-corrected chi connectivity index (χ4v) is 1.69. The van der Waals surface area contributed by atoms with Gasteiger partial charge in [0.25, 0.3) is 0 Å². The van der Waals surface area contributed by atoms with Crippen molar-refractivity contribution in [3.8, 4) is 5.69 Å². The lowest BCUT2D eigenvalue weighted by Crippen LogP contribution is -2.32. The Labute approximate surface area is 106 Å². The number of benzene rings is 1. The molecule has 0 spiro atoms. The molecule has 5 nitrogen and oxygen atoms in total. The van der Waals surface area contributed by atoms with Gasteiger partial charge in [-0.15, -0.1) is 0 Å². The van der Waals surface area contributed by atoms with Gasteiger partial charge in [-0.05, 0) is 19.2 Å². The molecule has 0 radical (unpaired) electrons. The number of rotatable bonds is 5. The van der Waals surface area contributed by atoms with E-state index in [9.17, 15) is 4.79 Å². The van der Waals surface area contributed by atoms with Crippen molar-refractivity contribution in [1.29, 1.82) is 0 Å². The van der Waals surface area contributed by atoms with Crippen LogP contribution in [0.1, 0.15) is 5.82 Å². The molecule has 1 aromatic carbocycles. The van der Waals surface area contributed by atoms with Gasteiger partial charge in [-0.2, -0.15) is 0 Å². The first-order valence-electron chi connectivity index (χ1n) is 5.80. The van der Waals surface area contributed by atoms with Crippen molar-refractivity contribution >= 4 is 5.91 Å². The summed E-state index contributed by atoms with van der Waals surface area (Å²) in [6, 6.07) is 9.91. The molecule has 18 heavy (non-hydrogen) atoms. The summed E-state index contributed by atoms with van der Waals surface area (Å²) in [6.07, 6.45) is 3.61. The van der Waals surface area contributed by atoms with Crippen molar-refractivity contribution in [1.82, 2.24) is 20.2 Å². The van der Waals surface area contributed by atoms with Crippen molar-refractivity contribution in [2.45, 2.75) is 6.54 Å². The number of nitrogens with one attached hydrogen (secondary N) is 2. The average Bonchev–Trinajstić information content (AvgIpc) is 2.86. The molecule has 0 aliphatic carbocycles. The summed E-state index contributed by atoms with van der Waals surface area (Å²) in [6.45, 7) is 0.731. The fraction of sp³-hybridized carbons (Fsp3) is 0.231. The van der Waals surface area contributed by atoms with Crippen LogP contribution in [0.2, 0.25) is 0 Å². The van der Waals surface area contributed by atoms with Crippen LogP contribution < -0.4 is 10.6 Å². The zero-order valence-corrected chi connectivity index (χ0v) is 10.3. The Morgan fingerprint density at radius 1 is 1.33 bits per heavy atom. The van der Waals surface area contributed by atoms with Gasteiger partial charge in [0.1, 0.15) is 5.82 Å². The molecule has 0 aliphatic rings. The molecule has 1 aromatic heterocycles. The topological polar surface area (TPSA) is 59.0 Å². The molecule has 0 saturated heterocycles. The Morgan fingerprint density at radius 3 is 2.83 bits per heavy atom. The smallest absolute Gasteiger partial charge is 0.234 e. The lowest BCUT2D eigenvalue weighted by Gasteiger charge is -2.08. The van der Waals surface area contributed by atoms with E-state index >= 15 is 0 Å². The Hall–Kier alpha value is -2.14. The molecule has 0 atom stereocenters. The van der Waals surface area contributed by atoms with Gasteiger partial charge in [-0.3, -0.25) is 4.79 Å². The number of nitrogens with zero attached hydrogens (tertiary/aromatic N) is 2. The number of likely N-dealkylation sites (N-methyl/N-ethyl adjacent to an activating group) is 1. The Kier molecular flexibility index (Phi) is 4.09. The van der Waals surface area contributed by atoms with E-state index in [1.165, 1.54) is 0 Å². The van der Waals surface area contributed by atoms with E-state index in [0.717, 1.165) is 11.5 Å². The normalized spacial score (nSPS) is 10.3. The third kappa shape index (κ3) is 2.95. The van der Waals surface area contributed by atoms with Crippen molar-refractivity contribution < 1.29 is 4.79 Å². The van der Waals surface area contributed by atoms with Gasteiger partial charge in [0, 0.05) is 18.1 Å². The Bertz CT molecular complexity index is 507. The molecular weight excluding hydrogens is 228 g/mol. The lowest BCUT2D eigenvalue weighted by molar-refractivity contribution is -0.120. The highest BCUT2D eigenvalue weighted by atomic mass is 16.1. The van der Waals surface area contributed by atoms with Crippen molar-refractivity contribution in [3.05, 3.63) is 48.5 Å². The number of carbonyl (C=O) groups is 1. The molecule has 1 heterocycles. The van der Waals surface area contributed by atoms with E-state index in [1.54, 1.807) is 13.2 Å². The largest absolute Gasteiger partial charge is 0.348 e. The van der Waals surface area contributed by atoms with Crippen LogP contribution in [0.3, 0.4) is 0 Å². The summed E-state index contributed by atoms with van der Waals surface area (Å²) in [7, 11) is 1.74. The first-order chi connectivity index (χ1) is 8.81. The van der Waals surface area contributed by atoms with Crippen LogP contribution in [0.4, 0.5) is 0 Å². The number of amides is 1. The van der Waals surface area contributed by atoms with E-state index in [-0.39, 0.29) is 5.91 Å². The maximum absolute atomic E-state index is 11.4. The van der Waals surface area contributed by atoms with Crippen LogP contribution in [0, 0.1) is 0 Å². The highest BCUT2D eigenvalue weighted by molar-refractivity contribution is 5.77. The minimum Gasteiger partial charge on any atom is -0.348 e. The molecule has 0 saturated carbocycles. The summed E-state index contributed by atoms with van der Waals surface area (Å²) in [5.41, 5.74) is 1.04. The van der Waals surface area contributed by atoms with Crippen LogP contribution in [0.5, 0.6) is 0 Å². The number of imidazole rings is 1. The third-order valence-electron chi connectivity index (χ3n) is 2.53. The van der Waals surface area contributed by atoms with Crippen LogP contribution in [-0.4, -0.2) is 29.1 Å². The van der Waals surface area contributed by atoms with Gasteiger partial charge >= 0.3 is 0 Å². The van der Waals surface area contributed by atoms with E-state index < -0.39 is 0 Å². The summed E-state index contributed by atoms with van der Waals surface area (Å²) in [5.74, 6) is 0.769. The Morgan fingerprint density at radius 2 is 2.11 bits per heavy atom. The quantitative estimate of drug-likeness (QED) is 0.814. The van der Waals surface area contributed by atoms with Gasteiger partial charge in [-0.1, -0.05) is 18.2 Å². The minimum absolute atomic E-state index is 0.0416. The number of carbonyl (C=O) groups excluding carboxylic acids is 1. The first-order valence-corrected chi connectivity index (χ1v) is 5.80. The van der Waals surface area contributed by atoms with Crippen molar-refractivity contribution in [3.63, 3.8) is 0 Å². The fourth-order valence-electron chi connectivity index (χ4n) is 1.69. The van der Waals surface area contributed by atoms with Crippen LogP contribution >= 0.6 is 0 Å². The highest BCUT2D eigenvalue weighted by Gasteiger charge is 2.06. The molecule has 5 heteroatoms.